The van der Waals surface area contributed by atoms with Crippen molar-refractivity contribution in [3.8, 4) is 0 Å². The molecule has 1 aliphatic heterocycles. The van der Waals surface area contributed by atoms with Crippen molar-refractivity contribution in [2.45, 2.75) is 44.4 Å². The van der Waals surface area contributed by atoms with E-state index in [4.69, 9.17) is 10.5 Å². The number of nitrogens with two attached hydrogens (primary N) is 1. The molecule has 2 rings (SSSR count). The lowest BCUT2D eigenvalue weighted by atomic mass is 10.0. The summed E-state index contributed by atoms with van der Waals surface area (Å²) in [7, 11) is 0. The monoisotopic (exact) mass is 323 g/mol. The van der Waals surface area contributed by atoms with E-state index >= 15 is 0 Å². The molecule has 126 valence electrons. The lowest BCUT2D eigenvalue weighted by Gasteiger charge is -2.23. The minimum atomic E-state index is -0.814. The van der Waals surface area contributed by atoms with E-state index in [1.807, 2.05) is 6.92 Å². The van der Waals surface area contributed by atoms with Crippen LogP contribution in [-0.4, -0.2) is 30.7 Å². The Balaban J connectivity index is 2.01. The van der Waals surface area contributed by atoms with E-state index in [2.05, 4.69) is 10.6 Å². The van der Waals surface area contributed by atoms with E-state index in [1.165, 1.54) is 12.1 Å². The van der Waals surface area contributed by atoms with Gasteiger partial charge >= 0.3 is 6.03 Å². The quantitative estimate of drug-likeness (QED) is 0.742. The van der Waals surface area contributed by atoms with Crippen molar-refractivity contribution < 1.29 is 18.7 Å². The van der Waals surface area contributed by atoms with Crippen molar-refractivity contribution in [1.29, 1.82) is 0 Å². The molecule has 7 heteroatoms. The number of halogens is 1. The first kappa shape index (κ1) is 17.2. The molecule has 0 unspecified atom stereocenters. The van der Waals surface area contributed by atoms with Crippen molar-refractivity contribution in [1.82, 2.24) is 10.6 Å². The van der Waals surface area contributed by atoms with Crippen LogP contribution in [0.25, 0.3) is 0 Å². The first-order valence-corrected chi connectivity index (χ1v) is 7.68. The fraction of sp³-hybridized carbons (Fsp3) is 0.500. The van der Waals surface area contributed by atoms with Crippen molar-refractivity contribution in [3.63, 3.8) is 0 Å². The summed E-state index contributed by atoms with van der Waals surface area (Å²) in [5.74, 6) is -0.791. The Hall–Kier alpha value is -2.15. The van der Waals surface area contributed by atoms with Crippen LogP contribution in [0.3, 0.4) is 0 Å². The maximum atomic E-state index is 13.9. The van der Waals surface area contributed by atoms with Crippen LogP contribution in [0, 0.1) is 5.82 Å². The van der Waals surface area contributed by atoms with Crippen LogP contribution in [0.2, 0.25) is 0 Å². The second-order valence-corrected chi connectivity index (χ2v) is 5.69. The Kier molecular flexibility index (Phi) is 5.92. The molecule has 3 amide bonds. The molecule has 1 heterocycles. The van der Waals surface area contributed by atoms with Gasteiger partial charge in [0, 0.05) is 12.2 Å². The molecule has 0 spiro atoms. The zero-order chi connectivity index (χ0) is 16.8. The Morgan fingerprint density at radius 2 is 2.13 bits per heavy atom. The van der Waals surface area contributed by atoms with Gasteiger partial charge < -0.3 is 21.1 Å². The van der Waals surface area contributed by atoms with Crippen molar-refractivity contribution in [2.24, 2.45) is 5.73 Å². The summed E-state index contributed by atoms with van der Waals surface area (Å²) in [6.45, 7) is 2.57. The highest BCUT2D eigenvalue weighted by Gasteiger charge is 2.26. The van der Waals surface area contributed by atoms with Gasteiger partial charge in [-0.2, -0.15) is 0 Å². The van der Waals surface area contributed by atoms with Crippen LogP contribution >= 0.6 is 0 Å². The van der Waals surface area contributed by atoms with Gasteiger partial charge in [0.15, 0.2) is 0 Å². The van der Waals surface area contributed by atoms with Gasteiger partial charge in [0.05, 0.1) is 24.6 Å². The van der Waals surface area contributed by atoms with E-state index in [1.54, 1.807) is 12.1 Å². The molecule has 0 aromatic heterocycles. The maximum Gasteiger partial charge on any atom is 0.312 e. The number of hydrogen-bond donors (Lipinski definition) is 3. The summed E-state index contributed by atoms with van der Waals surface area (Å²) in [6, 6.07) is 4.22. The maximum absolute atomic E-state index is 13.9. The molecule has 1 aromatic carbocycles. The number of urea groups is 1. The first-order chi connectivity index (χ1) is 11.0. The summed E-state index contributed by atoms with van der Waals surface area (Å²) >= 11 is 0. The molecule has 1 aliphatic rings. The number of carbonyl (C=O) groups is 2. The lowest BCUT2D eigenvalue weighted by molar-refractivity contribution is -0.123. The normalized spacial score (nSPS) is 19.8. The number of amides is 3. The second kappa shape index (κ2) is 7.92. The van der Waals surface area contributed by atoms with Crippen LogP contribution in [-0.2, 0) is 9.53 Å². The smallest absolute Gasteiger partial charge is 0.312 e. The number of nitrogens with one attached hydrogen (secondary N) is 2. The van der Waals surface area contributed by atoms with Gasteiger partial charge in [-0.15, -0.1) is 0 Å². The number of primary amides is 1. The predicted molar refractivity (Wildman–Crippen MR) is 83.1 cm³/mol. The zero-order valence-electron chi connectivity index (χ0n) is 13.0. The highest BCUT2D eigenvalue weighted by Crippen LogP contribution is 2.21. The average Bonchev–Trinajstić information content (AvgIpc) is 3.00. The molecule has 0 aliphatic carbocycles. The number of benzene rings is 1. The molecule has 1 aromatic rings. The molecule has 23 heavy (non-hydrogen) atoms. The van der Waals surface area contributed by atoms with Crippen molar-refractivity contribution in [3.05, 3.63) is 35.6 Å². The summed E-state index contributed by atoms with van der Waals surface area (Å²) in [6.07, 6.45) is 1.78. The molecule has 0 saturated carbocycles. The number of hydrogen-bond acceptors (Lipinski definition) is 3. The van der Waals surface area contributed by atoms with Crippen LogP contribution in [0.1, 0.15) is 37.8 Å². The largest absolute Gasteiger partial charge is 0.376 e. The Morgan fingerprint density at radius 1 is 1.39 bits per heavy atom. The molecular weight excluding hydrogens is 301 g/mol. The highest BCUT2D eigenvalue weighted by atomic mass is 19.1. The molecule has 1 fully saturated rings. The van der Waals surface area contributed by atoms with Gasteiger partial charge in [0.25, 0.3) is 0 Å². The molecular formula is C16H22FN3O3. The third-order valence-electron chi connectivity index (χ3n) is 3.90. The van der Waals surface area contributed by atoms with Gasteiger partial charge in [-0.1, -0.05) is 18.2 Å². The average molecular weight is 323 g/mol. The third kappa shape index (κ3) is 4.92. The minimum Gasteiger partial charge on any atom is -0.376 e. The molecule has 3 atom stereocenters. The lowest BCUT2D eigenvalue weighted by Crippen LogP contribution is -2.43. The predicted octanol–water partition coefficient (Wildman–Crippen LogP) is 1.61. The standard InChI is InChI=1S/C16H22FN3O3/c1-10(14-7-4-8-23-14)19-15(21)9-13(20-16(18)22)11-5-2-3-6-12(11)17/h2-3,5-6,10,13-14H,4,7-9H2,1H3,(H,19,21)(H3,18,20,22)/t10-,13-,14+/m0/s1. The van der Waals surface area contributed by atoms with E-state index in [0.29, 0.717) is 6.61 Å². The second-order valence-electron chi connectivity index (χ2n) is 5.69. The van der Waals surface area contributed by atoms with E-state index in [9.17, 15) is 14.0 Å². The fourth-order valence-corrected chi connectivity index (χ4v) is 2.76. The number of ether oxygens (including phenoxy) is 1. The van der Waals surface area contributed by atoms with Gasteiger partial charge in [-0.3, -0.25) is 4.79 Å². The van der Waals surface area contributed by atoms with Crippen LogP contribution in [0.15, 0.2) is 24.3 Å². The van der Waals surface area contributed by atoms with E-state index < -0.39 is 17.9 Å². The van der Waals surface area contributed by atoms with Gasteiger partial charge in [0.1, 0.15) is 5.82 Å². The Morgan fingerprint density at radius 3 is 2.74 bits per heavy atom. The summed E-state index contributed by atoms with van der Waals surface area (Å²) in [5, 5.41) is 5.25. The summed E-state index contributed by atoms with van der Waals surface area (Å²) in [4.78, 5) is 23.3. The van der Waals surface area contributed by atoms with Crippen LogP contribution < -0.4 is 16.4 Å². The Bertz CT molecular complexity index is 561. The molecule has 0 bridgehead atoms. The van der Waals surface area contributed by atoms with Gasteiger partial charge in [0.2, 0.25) is 5.91 Å². The number of rotatable bonds is 6. The summed E-state index contributed by atoms with van der Waals surface area (Å²) in [5.41, 5.74) is 5.36. The van der Waals surface area contributed by atoms with Crippen LogP contribution in [0.5, 0.6) is 0 Å². The molecule has 4 N–H and O–H groups in total. The number of carbonyl (C=O) groups excluding carboxylic acids is 2. The van der Waals surface area contributed by atoms with Crippen LogP contribution in [0.4, 0.5) is 9.18 Å². The topological polar surface area (TPSA) is 93.5 Å². The van der Waals surface area contributed by atoms with Crippen molar-refractivity contribution >= 4 is 11.9 Å². The van der Waals surface area contributed by atoms with Gasteiger partial charge in [-0.05, 0) is 25.8 Å². The Labute approximate surface area is 134 Å². The summed E-state index contributed by atoms with van der Waals surface area (Å²) < 4.78 is 19.4. The molecule has 6 nitrogen and oxygen atoms in total. The molecule has 0 radical (unpaired) electrons. The minimum absolute atomic E-state index is 0.00467. The fourth-order valence-electron chi connectivity index (χ4n) is 2.76. The van der Waals surface area contributed by atoms with Crippen molar-refractivity contribution in [2.75, 3.05) is 6.61 Å². The first-order valence-electron chi connectivity index (χ1n) is 7.68. The van der Waals surface area contributed by atoms with E-state index in [-0.39, 0.29) is 30.0 Å². The molecule has 1 saturated heterocycles. The van der Waals surface area contributed by atoms with E-state index in [0.717, 1.165) is 12.8 Å². The van der Waals surface area contributed by atoms with Gasteiger partial charge in [-0.25, -0.2) is 9.18 Å². The SMILES string of the molecule is C[C@H](NC(=O)C[C@H](NC(N)=O)c1ccccc1F)[C@H]1CCCO1. The third-order valence-corrected chi connectivity index (χ3v) is 3.90. The highest BCUT2D eigenvalue weighted by molar-refractivity contribution is 5.79. The zero-order valence-corrected chi connectivity index (χ0v) is 13.0.